The van der Waals surface area contributed by atoms with Crippen molar-refractivity contribution in [1.29, 1.82) is 0 Å². The lowest BCUT2D eigenvalue weighted by atomic mass is 9.98. The van der Waals surface area contributed by atoms with Crippen LogP contribution in [-0.4, -0.2) is 110 Å². The summed E-state index contributed by atoms with van der Waals surface area (Å²) in [6.07, 6.45) is 33.3. The average molecular weight is 854 g/mol. The summed E-state index contributed by atoms with van der Waals surface area (Å²) >= 11 is 0. The molecule has 8 N–H and O–H groups in total. The van der Waals surface area contributed by atoms with Gasteiger partial charge in [-0.25, -0.2) is 0 Å². The van der Waals surface area contributed by atoms with Crippen molar-refractivity contribution in [2.75, 3.05) is 13.2 Å². The molecule has 1 aliphatic rings. The number of allylic oxidation sites excluding steroid dienone is 6. The molecule has 11 nitrogen and oxygen atoms in total. The molecule has 0 aliphatic carbocycles. The van der Waals surface area contributed by atoms with Crippen molar-refractivity contribution in [2.24, 2.45) is 0 Å². The van der Waals surface area contributed by atoms with Crippen molar-refractivity contribution in [3.05, 3.63) is 36.5 Å². The minimum atomic E-state index is -1.67. The van der Waals surface area contributed by atoms with E-state index in [1.54, 1.807) is 0 Å². The highest BCUT2D eigenvalue weighted by Crippen LogP contribution is 2.23. The first-order chi connectivity index (χ1) is 29.2. The Morgan fingerprint density at radius 2 is 1.00 bits per heavy atom. The number of ether oxygens (including phenoxy) is 2. The second kappa shape index (κ2) is 39.0. The van der Waals surface area contributed by atoms with E-state index in [9.17, 15) is 40.5 Å². The van der Waals surface area contributed by atoms with Gasteiger partial charge in [0.05, 0.1) is 25.4 Å². The molecule has 1 aliphatic heterocycles. The fourth-order valence-corrected chi connectivity index (χ4v) is 7.59. The third-order valence-electron chi connectivity index (χ3n) is 11.7. The largest absolute Gasteiger partial charge is 0.394 e. The number of carbonyl (C=O) groups is 1. The van der Waals surface area contributed by atoms with Gasteiger partial charge >= 0.3 is 0 Å². The molecule has 0 aromatic heterocycles. The van der Waals surface area contributed by atoms with E-state index >= 15 is 0 Å². The summed E-state index contributed by atoms with van der Waals surface area (Å²) in [5.74, 6) is -0.712. The molecule has 9 atom stereocenters. The Morgan fingerprint density at radius 3 is 1.48 bits per heavy atom. The molecule has 0 aromatic carbocycles. The van der Waals surface area contributed by atoms with Crippen LogP contribution in [0.2, 0.25) is 0 Å². The zero-order valence-electron chi connectivity index (χ0n) is 37.9. The first kappa shape index (κ1) is 56.3. The average Bonchev–Trinajstić information content (AvgIpc) is 3.25. The number of nitrogens with one attached hydrogen (secondary N) is 1. The third-order valence-corrected chi connectivity index (χ3v) is 11.7. The number of rotatable bonds is 40. The maximum atomic E-state index is 13.1. The molecule has 1 rings (SSSR count). The molecule has 9 unspecified atom stereocenters. The van der Waals surface area contributed by atoms with E-state index in [1.165, 1.54) is 109 Å². The topological polar surface area (TPSA) is 189 Å². The van der Waals surface area contributed by atoms with Gasteiger partial charge in [-0.3, -0.25) is 4.79 Å². The number of aliphatic hydroxyl groups is 7. The maximum absolute atomic E-state index is 13.1. The highest BCUT2D eigenvalue weighted by Gasteiger charge is 2.44. The summed E-state index contributed by atoms with van der Waals surface area (Å²) in [6.45, 7) is 3.39. The van der Waals surface area contributed by atoms with Crippen LogP contribution in [0.15, 0.2) is 36.5 Å². The van der Waals surface area contributed by atoms with Crippen LogP contribution in [0, 0.1) is 0 Å². The highest BCUT2D eigenvalue weighted by atomic mass is 16.7. The Bertz CT molecular complexity index is 1070. The molecule has 1 fully saturated rings. The summed E-state index contributed by atoms with van der Waals surface area (Å²) in [7, 11) is 0. The van der Waals surface area contributed by atoms with Crippen LogP contribution in [0.5, 0.6) is 0 Å². The SMILES string of the molecule is CCCCC/C=C/CC/C=C/CC/C=C/CCCC(O)C(O)C(COC1OC(CO)C(O)C(O)C1O)NC(=O)C(O)CCCCCCCCCCCCCCCCCCC. The lowest BCUT2D eigenvalue weighted by molar-refractivity contribution is -0.303. The van der Waals surface area contributed by atoms with Crippen LogP contribution in [0.4, 0.5) is 0 Å². The molecule has 0 saturated carbocycles. The Labute approximate surface area is 365 Å². The quantitative estimate of drug-likeness (QED) is 0.0220. The zero-order chi connectivity index (χ0) is 44.1. The minimum absolute atomic E-state index is 0.242. The standard InChI is InChI=1S/C49H91NO10/c1-3-5-7-9-11-13-15-17-19-21-23-25-27-29-31-33-35-37-42(53)48(58)50-40(39-59-49-47(57)46(56)45(55)43(38-51)60-49)44(54)41(52)36-34-32-30-28-26-24-22-20-18-16-14-12-10-8-6-4-2/h12,14,20,22,28,30,40-47,49,51-57H,3-11,13,15-19,21,23-27,29,31-39H2,1-2H3,(H,50,58)/b14-12+,22-20+,30-28+. The lowest BCUT2D eigenvalue weighted by Crippen LogP contribution is -2.60. The molecule has 1 heterocycles. The normalized spacial score (nSPS) is 21.9. The smallest absolute Gasteiger partial charge is 0.249 e. The highest BCUT2D eigenvalue weighted by molar-refractivity contribution is 5.80. The second-order valence-corrected chi connectivity index (χ2v) is 17.2. The molecule has 0 radical (unpaired) electrons. The number of aliphatic hydroxyl groups excluding tert-OH is 7. The van der Waals surface area contributed by atoms with Gasteiger partial charge in [0.15, 0.2) is 6.29 Å². The van der Waals surface area contributed by atoms with Gasteiger partial charge in [-0.05, 0) is 64.2 Å². The van der Waals surface area contributed by atoms with Crippen molar-refractivity contribution in [1.82, 2.24) is 5.32 Å². The fraction of sp³-hybridized carbons (Fsp3) is 0.857. The maximum Gasteiger partial charge on any atom is 0.249 e. The van der Waals surface area contributed by atoms with E-state index in [1.807, 2.05) is 0 Å². The van der Waals surface area contributed by atoms with Gasteiger partial charge in [-0.1, -0.05) is 172 Å². The number of carbonyl (C=O) groups excluding carboxylic acids is 1. The molecule has 60 heavy (non-hydrogen) atoms. The van der Waals surface area contributed by atoms with Crippen molar-refractivity contribution < 1.29 is 50.0 Å². The van der Waals surface area contributed by atoms with Gasteiger partial charge in [0.1, 0.15) is 36.6 Å². The molecule has 1 amide bonds. The van der Waals surface area contributed by atoms with Gasteiger partial charge in [0.2, 0.25) is 5.91 Å². The molecule has 1 saturated heterocycles. The summed E-state index contributed by atoms with van der Waals surface area (Å²) < 4.78 is 11.1. The molecule has 0 bridgehead atoms. The minimum Gasteiger partial charge on any atom is -0.394 e. The Hall–Kier alpha value is -1.67. The predicted octanol–water partition coefficient (Wildman–Crippen LogP) is 8.39. The van der Waals surface area contributed by atoms with Gasteiger partial charge < -0.3 is 50.5 Å². The van der Waals surface area contributed by atoms with E-state index in [2.05, 4.69) is 55.6 Å². The fourth-order valence-electron chi connectivity index (χ4n) is 7.59. The second-order valence-electron chi connectivity index (χ2n) is 17.2. The van der Waals surface area contributed by atoms with Crippen LogP contribution in [0.1, 0.15) is 200 Å². The van der Waals surface area contributed by atoms with Crippen LogP contribution in [-0.2, 0) is 14.3 Å². The third kappa shape index (κ3) is 28.1. The van der Waals surface area contributed by atoms with Crippen LogP contribution >= 0.6 is 0 Å². The lowest BCUT2D eigenvalue weighted by Gasteiger charge is -2.40. The van der Waals surface area contributed by atoms with Crippen LogP contribution < -0.4 is 5.32 Å². The van der Waals surface area contributed by atoms with Crippen LogP contribution in [0.3, 0.4) is 0 Å². The molecule has 352 valence electrons. The van der Waals surface area contributed by atoms with Crippen molar-refractivity contribution in [2.45, 2.75) is 255 Å². The number of amides is 1. The zero-order valence-corrected chi connectivity index (χ0v) is 37.9. The van der Waals surface area contributed by atoms with E-state index in [-0.39, 0.29) is 12.8 Å². The Kier molecular flexibility index (Phi) is 36.6. The molecule has 0 aromatic rings. The molecular weight excluding hydrogens is 763 g/mol. The van der Waals surface area contributed by atoms with E-state index in [0.717, 1.165) is 44.9 Å². The Balaban J connectivity index is 2.46. The summed E-state index contributed by atoms with van der Waals surface area (Å²) in [5, 5.41) is 75.7. The van der Waals surface area contributed by atoms with E-state index in [4.69, 9.17) is 9.47 Å². The van der Waals surface area contributed by atoms with Gasteiger partial charge in [0.25, 0.3) is 0 Å². The molecule has 11 heteroatoms. The van der Waals surface area contributed by atoms with E-state index in [0.29, 0.717) is 19.3 Å². The van der Waals surface area contributed by atoms with Crippen LogP contribution in [0.25, 0.3) is 0 Å². The summed E-state index contributed by atoms with van der Waals surface area (Å²) in [4.78, 5) is 13.1. The number of hydrogen-bond donors (Lipinski definition) is 8. The number of hydrogen-bond acceptors (Lipinski definition) is 10. The first-order valence-electron chi connectivity index (χ1n) is 24.4. The van der Waals surface area contributed by atoms with Gasteiger partial charge in [0, 0.05) is 0 Å². The van der Waals surface area contributed by atoms with Crippen molar-refractivity contribution in [3.8, 4) is 0 Å². The molecule has 0 spiro atoms. The Morgan fingerprint density at radius 1 is 0.567 bits per heavy atom. The van der Waals surface area contributed by atoms with Crippen molar-refractivity contribution >= 4 is 5.91 Å². The predicted molar refractivity (Wildman–Crippen MR) is 242 cm³/mol. The van der Waals surface area contributed by atoms with E-state index < -0.39 is 74.2 Å². The van der Waals surface area contributed by atoms with Crippen molar-refractivity contribution in [3.63, 3.8) is 0 Å². The van der Waals surface area contributed by atoms with Gasteiger partial charge in [-0.15, -0.1) is 0 Å². The van der Waals surface area contributed by atoms with Gasteiger partial charge in [-0.2, -0.15) is 0 Å². The first-order valence-corrected chi connectivity index (χ1v) is 24.4. The monoisotopic (exact) mass is 854 g/mol. The molecular formula is C49H91NO10. The summed E-state index contributed by atoms with van der Waals surface area (Å²) in [5.41, 5.74) is 0. The summed E-state index contributed by atoms with van der Waals surface area (Å²) in [6, 6.07) is -1.19. The number of unbranched alkanes of at least 4 members (excludes halogenated alkanes) is 22.